The van der Waals surface area contributed by atoms with E-state index in [0.29, 0.717) is 18.8 Å². The van der Waals surface area contributed by atoms with Gasteiger partial charge in [-0.05, 0) is 17.7 Å². The Bertz CT molecular complexity index is 594. The van der Waals surface area contributed by atoms with Crippen molar-refractivity contribution >= 4 is 21.8 Å². The number of benzene rings is 1. The van der Waals surface area contributed by atoms with Crippen molar-refractivity contribution in [2.45, 2.75) is 6.42 Å². The van der Waals surface area contributed by atoms with Crippen LogP contribution in [0.2, 0.25) is 0 Å². The Kier molecular flexibility index (Phi) is 4.26. The maximum Gasteiger partial charge on any atom is 0.277 e. The molecule has 1 fully saturated rings. The van der Waals surface area contributed by atoms with Gasteiger partial charge in [-0.2, -0.15) is 12.7 Å². The van der Waals surface area contributed by atoms with E-state index in [1.165, 1.54) is 4.31 Å². The summed E-state index contributed by atoms with van der Waals surface area (Å²) in [6.07, 6.45) is 0.264. The molecular formula is C12H18N4O3S. The largest absolute Gasteiger partial charge is 0.399 e. The summed E-state index contributed by atoms with van der Waals surface area (Å²) in [4.78, 5) is 13.8. The van der Waals surface area contributed by atoms with Crippen LogP contribution in [0, 0.1) is 0 Å². The molecule has 1 aromatic carbocycles. The van der Waals surface area contributed by atoms with Gasteiger partial charge >= 0.3 is 0 Å². The number of piperazine rings is 1. The second kappa shape index (κ2) is 5.78. The fraction of sp³-hybridized carbons (Fsp3) is 0.417. The van der Waals surface area contributed by atoms with Gasteiger partial charge in [-0.3, -0.25) is 4.79 Å². The molecule has 0 bridgehead atoms. The fourth-order valence-corrected chi connectivity index (χ4v) is 2.85. The lowest BCUT2D eigenvalue weighted by Crippen LogP contribution is -2.52. The molecule has 0 atom stereocenters. The highest BCUT2D eigenvalue weighted by Gasteiger charge is 2.26. The summed E-state index contributed by atoms with van der Waals surface area (Å²) in [5, 5.41) is 5.05. The van der Waals surface area contributed by atoms with Crippen LogP contribution >= 0.6 is 0 Å². The minimum Gasteiger partial charge on any atom is -0.399 e. The first-order valence-electron chi connectivity index (χ1n) is 6.26. The summed E-state index contributed by atoms with van der Waals surface area (Å²) in [7, 11) is -3.66. The van der Waals surface area contributed by atoms with E-state index >= 15 is 0 Å². The van der Waals surface area contributed by atoms with Crippen LogP contribution in [-0.2, 0) is 21.4 Å². The highest BCUT2D eigenvalue weighted by atomic mass is 32.2. The van der Waals surface area contributed by atoms with Crippen LogP contribution in [0.4, 0.5) is 5.69 Å². The Morgan fingerprint density at radius 2 is 1.85 bits per heavy atom. The lowest BCUT2D eigenvalue weighted by molar-refractivity contribution is -0.131. The second-order valence-electron chi connectivity index (χ2n) is 4.75. The predicted octanol–water partition coefficient (Wildman–Crippen LogP) is -0.841. The summed E-state index contributed by atoms with van der Waals surface area (Å²) in [6, 6.07) is 7.17. The molecule has 0 aliphatic carbocycles. The lowest BCUT2D eigenvalue weighted by atomic mass is 10.1. The Morgan fingerprint density at radius 3 is 2.40 bits per heavy atom. The fourth-order valence-electron chi connectivity index (χ4n) is 2.18. The van der Waals surface area contributed by atoms with Crippen molar-refractivity contribution in [2.24, 2.45) is 5.14 Å². The Balaban J connectivity index is 1.92. The molecule has 4 N–H and O–H groups in total. The molecule has 1 heterocycles. The first-order valence-corrected chi connectivity index (χ1v) is 7.76. The zero-order chi connectivity index (χ0) is 14.8. The molecule has 0 radical (unpaired) electrons. The van der Waals surface area contributed by atoms with Gasteiger partial charge in [-0.15, -0.1) is 0 Å². The molecular weight excluding hydrogens is 280 g/mol. The monoisotopic (exact) mass is 298 g/mol. The van der Waals surface area contributed by atoms with Gasteiger partial charge in [0, 0.05) is 31.9 Å². The normalized spacial score (nSPS) is 17.1. The molecule has 110 valence electrons. The molecule has 0 aromatic heterocycles. The SMILES string of the molecule is Nc1cccc(CC(=O)N2CCN(S(N)(=O)=O)CC2)c1. The van der Waals surface area contributed by atoms with E-state index in [1.54, 1.807) is 23.1 Å². The summed E-state index contributed by atoms with van der Waals surface area (Å²) >= 11 is 0. The van der Waals surface area contributed by atoms with Crippen molar-refractivity contribution in [2.75, 3.05) is 31.9 Å². The van der Waals surface area contributed by atoms with E-state index in [4.69, 9.17) is 10.9 Å². The smallest absolute Gasteiger partial charge is 0.277 e. The van der Waals surface area contributed by atoms with Crippen molar-refractivity contribution in [3.63, 3.8) is 0 Å². The van der Waals surface area contributed by atoms with Crippen molar-refractivity contribution in [1.82, 2.24) is 9.21 Å². The van der Waals surface area contributed by atoms with Crippen LogP contribution in [0.25, 0.3) is 0 Å². The Labute approximate surface area is 118 Å². The van der Waals surface area contributed by atoms with Gasteiger partial charge in [0.05, 0.1) is 6.42 Å². The summed E-state index contributed by atoms with van der Waals surface area (Å²) in [6.45, 7) is 1.19. The summed E-state index contributed by atoms with van der Waals surface area (Å²) < 4.78 is 23.5. The van der Waals surface area contributed by atoms with Gasteiger partial charge in [0.15, 0.2) is 0 Å². The number of hydrogen-bond acceptors (Lipinski definition) is 4. The molecule has 2 rings (SSSR count). The topological polar surface area (TPSA) is 110 Å². The van der Waals surface area contributed by atoms with E-state index in [9.17, 15) is 13.2 Å². The van der Waals surface area contributed by atoms with E-state index < -0.39 is 10.2 Å². The minimum absolute atomic E-state index is 0.0373. The molecule has 0 unspecified atom stereocenters. The third kappa shape index (κ3) is 3.69. The van der Waals surface area contributed by atoms with Gasteiger partial charge in [0.1, 0.15) is 0 Å². The molecule has 1 aliphatic rings. The standard InChI is InChI=1S/C12H18N4O3S/c13-11-3-1-2-10(8-11)9-12(17)15-4-6-16(7-5-15)20(14,18)19/h1-3,8H,4-7,9,13H2,(H2,14,18,19). The molecule has 7 nitrogen and oxygen atoms in total. The van der Waals surface area contributed by atoms with Crippen LogP contribution in [-0.4, -0.2) is 49.7 Å². The average molecular weight is 298 g/mol. The minimum atomic E-state index is -3.66. The van der Waals surface area contributed by atoms with Gasteiger partial charge in [0.2, 0.25) is 5.91 Å². The van der Waals surface area contributed by atoms with Crippen LogP contribution in [0.15, 0.2) is 24.3 Å². The number of carbonyl (C=O) groups excluding carboxylic acids is 1. The number of rotatable bonds is 3. The van der Waals surface area contributed by atoms with Crippen LogP contribution in [0.3, 0.4) is 0 Å². The zero-order valence-electron chi connectivity index (χ0n) is 11.0. The van der Waals surface area contributed by atoms with Crippen molar-refractivity contribution < 1.29 is 13.2 Å². The quantitative estimate of drug-likeness (QED) is 0.709. The molecule has 1 amide bonds. The maximum absolute atomic E-state index is 12.1. The van der Waals surface area contributed by atoms with Gasteiger partial charge in [-0.1, -0.05) is 12.1 Å². The van der Waals surface area contributed by atoms with Crippen molar-refractivity contribution in [3.05, 3.63) is 29.8 Å². The van der Waals surface area contributed by atoms with Gasteiger partial charge < -0.3 is 10.6 Å². The third-order valence-electron chi connectivity index (χ3n) is 3.26. The number of hydrogen-bond donors (Lipinski definition) is 2. The lowest BCUT2D eigenvalue weighted by Gasteiger charge is -2.33. The third-order valence-corrected chi connectivity index (χ3v) is 4.34. The first kappa shape index (κ1) is 14.8. The molecule has 1 aromatic rings. The van der Waals surface area contributed by atoms with Crippen LogP contribution < -0.4 is 10.9 Å². The molecule has 20 heavy (non-hydrogen) atoms. The van der Waals surface area contributed by atoms with E-state index in [1.807, 2.05) is 6.07 Å². The van der Waals surface area contributed by atoms with Crippen LogP contribution in [0.1, 0.15) is 5.56 Å². The number of nitrogens with zero attached hydrogens (tertiary/aromatic N) is 2. The van der Waals surface area contributed by atoms with Crippen molar-refractivity contribution in [1.29, 1.82) is 0 Å². The number of nitrogens with two attached hydrogens (primary N) is 2. The Hall–Kier alpha value is -1.64. The average Bonchev–Trinajstić information content (AvgIpc) is 2.38. The molecule has 8 heteroatoms. The highest BCUT2D eigenvalue weighted by molar-refractivity contribution is 7.86. The number of amides is 1. The molecule has 1 aliphatic heterocycles. The zero-order valence-corrected chi connectivity index (χ0v) is 11.8. The molecule has 0 spiro atoms. The van der Waals surface area contributed by atoms with E-state index in [-0.39, 0.29) is 25.4 Å². The highest BCUT2D eigenvalue weighted by Crippen LogP contribution is 2.11. The van der Waals surface area contributed by atoms with E-state index in [2.05, 4.69) is 0 Å². The number of carbonyl (C=O) groups is 1. The molecule has 1 saturated heterocycles. The number of anilines is 1. The predicted molar refractivity (Wildman–Crippen MR) is 75.8 cm³/mol. The summed E-state index contributed by atoms with van der Waals surface area (Å²) in [5.41, 5.74) is 7.14. The van der Waals surface area contributed by atoms with Gasteiger partial charge in [-0.25, -0.2) is 5.14 Å². The maximum atomic E-state index is 12.1. The van der Waals surface area contributed by atoms with Crippen LogP contribution in [0.5, 0.6) is 0 Å². The summed E-state index contributed by atoms with van der Waals surface area (Å²) in [5.74, 6) is -0.0373. The Morgan fingerprint density at radius 1 is 1.20 bits per heavy atom. The van der Waals surface area contributed by atoms with Gasteiger partial charge in [0.25, 0.3) is 10.2 Å². The second-order valence-corrected chi connectivity index (χ2v) is 6.29. The van der Waals surface area contributed by atoms with E-state index in [0.717, 1.165) is 5.56 Å². The van der Waals surface area contributed by atoms with Crippen molar-refractivity contribution in [3.8, 4) is 0 Å². The number of nitrogen functional groups attached to an aromatic ring is 1. The first-order chi connectivity index (χ1) is 9.36. The molecule has 0 saturated carbocycles.